The first-order valence-electron chi connectivity index (χ1n) is 9.84. The average molecular weight is 397 g/mol. The number of rotatable bonds is 3. The molecule has 0 spiro atoms. The van der Waals surface area contributed by atoms with E-state index in [9.17, 15) is 0 Å². The molecule has 1 N–H and O–H groups in total. The summed E-state index contributed by atoms with van der Waals surface area (Å²) >= 11 is 6.25. The van der Waals surface area contributed by atoms with Crippen LogP contribution in [0.5, 0.6) is 0 Å². The largest absolute Gasteiger partial charge is 0.372 e. The predicted octanol–water partition coefficient (Wildman–Crippen LogP) is 4.10. The number of fused-ring (bicyclic) bond motifs is 1. The van der Waals surface area contributed by atoms with Gasteiger partial charge in [0.2, 0.25) is 5.82 Å². The molecule has 4 heterocycles. The van der Waals surface area contributed by atoms with Crippen molar-refractivity contribution in [2.75, 3.05) is 6.61 Å². The van der Waals surface area contributed by atoms with Gasteiger partial charge in [-0.2, -0.15) is 5.21 Å². The first kappa shape index (κ1) is 17.7. The van der Waals surface area contributed by atoms with Crippen LogP contribution in [0.3, 0.4) is 0 Å². The molecular weight excluding hydrogens is 376 g/mol. The Hall–Kier alpha value is -2.38. The van der Waals surface area contributed by atoms with Crippen LogP contribution < -0.4 is 0 Å². The number of pyridine rings is 2. The third-order valence-corrected chi connectivity index (χ3v) is 5.78. The molecule has 1 fully saturated rings. The molecule has 1 saturated heterocycles. The van der Waals surface area contributed by atoms with E-state index in [2.05, 4.69) is 25.6 Å². The summed E-state index contributed by atoms with van der Waals surface area (Å²) in [5.41, 5.74) is 6.37. The lowest BCUT2D eigenvalue weighted by molar-refractivity contribution is 0.109. The average Bonchev–Trinajstić information content (AvgIpc) is 3.38. The maximum atomic E-state index is 6.25. The molecule has 0 aromatic carbocycles. The Morgan fingerprint density at radius 1 is 1.11 bits per heavy atom. The summed E-state index contributed by atoms with van der Waals surface area (Å²) in [5, 5.41) is 15.5. The Labute approximate surface area is 167 Å². The highest BCUT2D eigenvalue weighted by Gasteiger charge is 2.31. The van der Waals surface area contributed by atoms with E-state index in [4.69, 9.17) is 21.3 Å². The van der Waals surface area contributed by atoms with E-state index in [1.54, 1.807) is 6.20 Å². The molecule has 3 aromatic rings. The second-order valence-corrected chi connectivity index (χ2v) is 7.72. The quantitative estimate of drug-likeness (QED) is 0.529. The first-order chi connectivity index (χ1) is 13.8. The molecule has 1 aliphatic heterocycles. The molecule has 0 bridgehead atoms. The number of halogens is 1. The van der Waals surface area contributed by atoms with Crippen LogP contribution in [-0.4, -0.2) is 37.2 Å². The zero-order valence-electron chi connectivity index (χ0n) is 15.5. The molecule has 1 atom stereocenters. The molecule has 1 aliphatic carbocycles. The van der Waals surface area contributed by atoms with Gasteiger partial charge in [-0.15, -0.1) is 10.2 Å². The lowest BCUT2D eigenvalue weighted by Gasteiger charge is -2.22. The molecule has 144 valence electrons. The van der Waals surface area contributed by atoms with Crippen LogP contribution in [0.25, 0.3) is 22.5 Å². The summed E-state index contributed by atoms with van der Waals surface area (Å²) in [4.78, 5) is 9.29. The molecule has 3 aromatic heterocycles. The summed E-state index contributed by atoms with van der Waals surface area (Å²) in [6.45, 7) is 0.755. The van der Waals surface area contributed by atoms with E-state index in [0.29, 0.717) is 11.0 Å². The smallest absolute Gasteiger partial charge is 0.207 e. The normalized spacial score (nSPS) is 19.4. The van der Waals surface area contributed by atoms with Crippen molar-refractivity contribution in [3.05, 3.63) is 40.4 Å². The molecule has 1 unspecified atom stereocenters. The number of nitrogens with one attached hydrogen (secondary N) is 1. The number of H-pyrrole nitrogens is 1. The highest BCUT2D eigenvalue weighted by molar-refractivity contribution is 6.29. The van der Waals surface area contributed by atoms with Crippen LogP contribution in [0.4, 0.5) is 0 Å². The predicted molar refractivity (Wildman–Crippen MR) is 105 cm³/mol. The maximum absolute atomic E-state index is 6.25. The van der Waals surface area contributed by atoms with Gasteiger partial charge in [0.25, 0.3) is 0 Å². The van der Waals surface area contributed by atoms with Crippen LogP contribution in [0.2, 0.25) is 5.15 Å². The van der Waals surface area contributed by atoms with Crippen molar-refractivity contribution < 1.29 is 4.74 Å². The number of tetrazole rings is 1. The van der Waals surface area contributed by atoms with Crippen molar-refractivity contribution in [1.29, 1.82) is 0 Å². The second kappa shape index (κ2) is 7.56. The summed E-state index contributed by atoms with van der Waals surface area (Å²) in [5.74, 6) is 0.549. The van der Waals surface area contributed by atoms with Gasteiger partial charge in [0.15, 0.2) is 0 Å². The fourth-order valence-electron chi connectivity index (χ4n) is 4.34. The van der Waals surface area contributed by atoms with Gasteiger partial charge in [-0.05, 0) is 72.6 Å². The first-order valence-corrected chi connectivity index (χ1v) is 10.2. The van der Waals surface area contributed by atoms with Crippen LogP contribution >= 0.6 is 11.6 Å². The van der Waals surface area contributed by atoms with E-state index in [1.807, 2.05) is 12.1 Å². The molecule has 7 nitrogen and oxygen atoms in total. The zero-order chi connectivity index (χ0) is 18.9. The molecule has 0 radical (unpaired) electrons. The van der Waals surface area contributed by atoms with Gasteiger partial charge >= 0.3 is 0 Å². The van der Waals surface area contributed by atoms with Gasteiger partial charge in [-0.3, -0.25) is 4.98 Å². The van der Waals surface area contributed by atoms with E-state index in [1.165, 1.54) is 12.0 Å². The van der Waals surface area contributed by atoms with Crippen molar-refractivity contribution in [3.8, 4) is 22.5 Å². The van der Waals surface area contributed by atoms with Gasteiger partial charge in [-0.1, -0.05) is 18.0 Å². The van der Waals surface area contributed by atoms with Crippen molar-refractivity contribution >= 4 is 11.6 Å². The molecule has 8 heteroatoms. The monoisotopic (exact) mass is 396 g/mol. The number of aromatic amines is 1. The third kappa shape index (κ3) is 3.18. The summed E-state index contributed by atoms with van der Waals surface area (Å²) in [7, 11) is 0. The Morgan fingerprint density at radius 3 is 2.82 bits per heavy atom. The second-order valence-electron chi connectivity index (χ2n) is 7.34. The summed E-state index contributed by atoms with van der Waals surface area (Å²) < 4.78 is 6.03. The minimum Gasteiger partial charge on any atom is -0.372 e. The number of hydrogen-bond donors (Lipinski definition) is 1. The fourth-order valence-corrected chi connectivity index (χ4v) is 4.51. The van der Waals surface area contributed by atoms with Crippen molar-refractivity contribution in [3.63, 3.8) is 0 Å². The van der Waals surface area contributed by atoms with E-state index in [0.717, 1.165) is 73.2 Å². The van der Waals surface area contributed by atoms with Crippen LogP contribution in [-0.2, 0) is 17.6 Å². The standard InChI is InChI=1S/C20H21ClN6O/c21-16-11-12(8-9-22-16)17-13-5-2-1-3-6-14(13)23-19(15-7-4-10-28-15)18(17)20-24-26-27-25-20/h8-9,11,15H,1-7,10H2,(H,24,25,26,27). The lowest BCUT2D eigenvalue weighted by Crippen LogP contribution is -2.11. The van der Waals surface area contributed by atoms with Crippen LogP contribution in [0, 0.1) is 0 Å². The fraction of sp³-hybridized carbons (Fsp3) is 0.450. The Bertz CT molecular complexity index is 985. The minimum atomic E-state index is -0.0434. The van der Waals surface area contributed by atoms with Gasteiger partial charge in [0.1, 0.15) is 11.3 Å². The Kier molecular flexibility index (Phi) is 4.78. The third-order valence-electron chi connectivity index (χ3n) is 5.57. The maximum Gasteiger partial charge on any atom is 0.207 e. The molecule has 28 heavy (non-hydrogen) atoms. The summed E-state index contributed by atoms with van der Waals surface area (Å²) in [6, 6.07) is 3.90. The van der Waals surface area contributed by atoms with Gasteiger partial charge in [0.05, 0.1) is 11.3 Å². The summed E-state index contributed by atoms with van der Waals surface area (Å²) in [6.07, 6.45) is 9.15. The number of ether oxygens (including phenoxy) is 1. The number of hydrogen-bond acceptors (Lipinski definition) is 6. The van der Waals surface area contributed by atoms with Crippen LogP contribution in [0.15, 0.2) is 18.3 Å². The molecular formula is C20H21ClN6O. The van der Waals surface area contributed by atoms with Crippen molar-refractivity contribution in [2.45, 2.75) is 51.0 Å². The number of aryl methyl sites for hydroxylation is 1. The van der Waals surface area contributed by atoms with E-state index in [-0.39, 0.29) is 6.10 Å². The highest BCUT2D eigenvalue weighted by atomic mass is 35.5. The van der Waals surface area contributed by atoms with Crippen LogP contribution in [0.1, 0.15) is 55.2 Å². The Balaban J connectivity index is 1.84. The van der Waals surface area contributed by atoms with E-state index < -0.39 is 0 Å². The van der Waals surface area contributed by atoms with Crippen molar-refractivity contribution in [2.24, 2.45) is 0 Å². The number of aromatic nitrogens is 6. The Morgan fingerprint density at radius 2 is 2.04 bits per heavy atom. The molecule has 0 saturated carbocycles. The molecule has 2 aliphatic rings. The zero-order valence-corrected chi connectivity index (χ0v) is 16.2. The molecule has 0 amide bonds. The topological polar surface area (TPSA) is 89.5 Å². The molecule has 5 rings (SSSR count). The highest BCUT2D eigenvalue weighted by Crippen LogP contribution is 2.43. The number of nitrogens with zero attached hydrogens (tertiary/aromatic N) is 5. The SMILES string of the molecule is Clc1cc(-c2c3c(nc(C4CCCO4)c2-c2nn[nH]n2)CCCCC3)ccn1. The van der Waals surface area contributed by atoms with Crippen molar-refractivity contribution in [1.82, 2.24) is 30.6 Å². The van der Waals surface area contributed by atoms with Gasteiger partial charge in [-0.25, -0.2) is 4.98 Å². The lowest BCUT2D eigenvalue weighted by atomic mass is 9.88. The van der Waals surface area contributed by atoms with Gasteiger partial charge in [0, 0.05) is 18.5 Å². The van der Waals surface area contributed by atoms with Gasteiger partial charge < -0.3 is 4.74 Å². The van der Waals surface area contributed by atoms with E-state index >= 15 is 0 Å². The minimum absolute atomic E-state index is 0.0434.